The first kappa shape index (κ1) is 14.6. The van der Waals surface area contributed by atoms with E-state index in [2.05, 4.69) is 48.9 Å². The SMILES string of the molecule is CCCCC(=O)N1c2ccc(C)cc2[C@H]2CN(C)CC[C@H]21. The Balaban J connectivity index is 1.95. The average molecular weight is 286 g/mol. The van der Waals surface area contributed by atoms with Crippen molar-refractivity contribution in [2.24, 2.45) is 0 Å². The van der Waals surface area contributed by atoms with Gasteiger partial charge in [0.25, 0.3) is 0 Å². The number of carbonyl (C=O) groups excluding carboxylic acids is 1. The average Bonchev–Trinajstić information content (AvgIpc) is 2.78. The summed E-state index contributed by atoms with van der Waals surface area (Å²) >= 11 is 0. The van der Waals surface area contributed by atoms with E-state index in [1.807, 2.05) is 0 Å². The van der Waals surface area contributed by atoms with E-state index in [9.17, 15) is 4.79 Å². The fourth-order valence-electron chi connectivity index (χ4n) is 3.85. The van der Waals surface area contributed by atoms with Gasteiger partial charge < -0.3 is 9.80 Å². The van der Waals surface area contributed by atoms with Crippen LogP contribution in [0.5, 0.6) is 0 Å². The van der Waals surface area contributed by atoms with Gasteiger partial charge >= 0.3 is 0 Å². The first-order chi connectivity index (χ1) is 10.1. The first-order valence-corrected chi connectivity index (χ1v) is 8.23. The summed E-state index contributed by atoms with van der Waals surface area (Å²) in [6.07, 6.45) is 3.85. The van der Waals surface area contributed by atoms with Gasteiger partial charge in [0.2, 0.25) is 5.91 Å². The van der Waals surface area contributed by atoms with E-state index < -0.39 is 0 Å². The number of hydrogen-bond donors (Lipinski definition) is 0. The van der Waals surface area contributed by atoms with Crippen LogP contribution in [0, 0.1) is 6.92 Å². The highest BCUT2D eigenvalue weighted by Crippen LogP contribution is 2.45. The predicted octanol–water partition coefficient (Wildman–Crippen LogP) is 3.32. The van der Waals surface area contributed by atoms with Crippen molar-refractivity contribution >= 4 is 11.6 Å². The Morgan fingerprint density at radius 3 is 2.95 bits per heavy atom. The summed E-state index contributed by atoms with van der Waals surface area (Å²) in [5.41, 5.74) is 3.85. The van der Waals surface area contributed by atoms with Crippen LogP contribution in [0.25, 0.3) is 0 Å². The Bertz CT molecular complexity index is 540. The van der Waals surface area contributed by atoms with Crippen molar-refractivity contribution in [1.82, 2.24) is 4.90 Å². The van der Waals surface area contributed by atoms with E-state index in [0.29, 0.717) is 24.3 Å². The summed E-state index contributed by atoms with van der Waals surface area (Å²) in [6.45, 7) is 6.45. The van der Waals surface area contributed by atoms with Crippen LogP contribution in [0.2, 0.25) is 0 Å². The van der Waals surface area contributed by atoms with Crippen molar-refractivity contribution < 1.29 is 4.79 Å². The standard InChI is InChI=1S/C18H26N2O/c1-4-5-6-18(21)20-16-8-7-13(2)11-14(16)15-12-19(3)10-9-17(15)20/h7-8,11,15,17H,4-6,9-10,12H2,1-3H3/t15-,17-/m1/s1. The number of anilines is 1. The number of likely N-dealkylation sites (N-methyl/N-ethyl adjacent to an activating group) is 1. The maximum Gasteiger partial charge on any atom is 0.227 e. The van der Waals surface area contributed by atoms with Crippen molar-refractivity contribution in [3.63, 3.8) is 0 Å². The first-order valence-electron chi connectivity index (χ1n) is 8.23. The number of aryl methyl sites for hydroxylation is 1. The minimum Gasteiger partial charge on any atom is -0.308 e. The molecule has 0 spiro atoms. The quantitative estimate of drug-likeness (QED) is 0.851. The molecule has 1 saturated heterocycles. The molecule has 2 aliphatic heterocycles. The van der Waals surface area contributed by atoms with E-state index in [-0.39, 0.29) is 0 Å². The van der Waals surface area contributed by atoms with Gasteiger partial charge in [-0.3, -0.25) is 4.79 Å². The maximum absolute atomic E-state index is 12.7. The Hall–Kier alpha value is -1.35. The Morgan fingerprint density at radius 1 is 1.38 bits per heavy atom. The summed E-state index contributed by atoms with van der Waals surface area (Å²) in [6, 6.07) is 6.97. The number of unbranched alkanes of at least 4 members (excludes halogenated alkanes) is 1. The molecule has 0 bridgehead atoms. The van der Waals surface area contributed by atoms with E-state index in [1.165, 1.54) is 16.8 Å². The van der Waals surface area contributed by atoms with E-state index >= 15 is 0 Å². The van der Waals surface area contributed by atoms with Crippen LogP contribution in [0.4, 0.5) is 5.69 Å². The summed E-state index contributed by atoms with van der Waals surface area (Å²) in [7, 11) is 2.19. The molecular formula is C18H26N2O. The third-order valence-electron chi connectivity index (χ3n) is 4.97. The zero-order chi connectivity index (χ0) is 15.0. The van der Waals surface area contributed by atoms with Crippen LogP contribution in [-0.2, 0) is 4.79 Å². The van der Waals surface area contributed by atoms with Crippen LogP contribution in [-0.4, -0.2) is 37.0 Å². The van der Waals surface area contributed by atoms with Crippen LogP contribution in [0.15, 0.2) is 18.2 Å². The Morgan fingerprint density at radius 2 is 2.19 bits per heavy atom. The van der Waals surface area contributed by atoms with Gasteiger partial charge in [-0.1, -0.05) is 31.0 Å². The summed E-state index contributed by atoms with van der Waals surface area (Å²) < 4.78 is 0. The summed E-state index contributed by atoms with van der Waals surface area (Å²) in [4.78, 5) is 17.2. The van der Waals surface area contributed by atoms with Gasteiger partial charge in [-0.25, -0.2) is 0 Å². The lowest BCUT2D eigenvalue weighted by Crippen LogP contribution is -2.47. The highest BCUT2D eigenvalue weighted by molar-refractivity contribution is 5.96. The molecular weight excluding hydrogens is 260 g/mol. The van der Waals surface area contributed by atoms with Crippen molar-refractivity contribution in [3.8, 4) is 0 Å². The number of piperidine rings is 1. The van der Waals surface area contributed by atoms with Crippen molar-refractivity contribution in [2.45, 2.75) is 51.5 Å². The molecule has 2 aliphatic rings. The molecule has 0 unspecified atom stereocenters. The van der Waals surface area contributed by atoms with E-state index in [1.54, 1.807) is 0 Å². The highest BCUT2D eigenvalue weighted by Gasteiger charge is 2.43. The second-order valence-corrected chi connectivity index (χ2v) is 6.65. The minimum absolute atomic E-state index is 0.319. The molecule has 1 amide bonds. The van der Waals surface area contributed by atoms with Crippen LogP contribution in [0.1, 0.15) is 49.7 Å². The van der Waals surface area contributed by atoms with Crippen LogP contribution >= 0.6 is 0 Å². The highest BCUT2D eigenvalue weighted by atomic mass is 16.2. The number of fused-ring (bicyclic) bond motifs is 3. The number of rotatable bonds is 3. The fraction of sp³-hybridized carbons (Fsp3) is 0.611. The molecule has 0 aliphatic carbocycles. The molecule has 3 nitrogen and oxygen atoms in total. The topological polar surface area (TPSA) is 23.6 Å². The van der Waals surface area contributed by atoms with Gasteiger partial charge in [-0.05, 0) is 45.0 Å². The lowest BCUT2D eigenvalue weighted by molar-refractivity contribution is -0.119. The number of likely N-dealkylation sites (tertiary alicyclic amines) is 1. The van der Waals surface area contributed by atoms with Crippen molar-refractivity contribution in [1.29, 1.82) is 0 Å². The van der Waals surface area contributed by atoms with Gasteiger partial charge in [0, 0.05) is 30.6 Å². The monoisotopic (exact) mass is 286 g/mol. The van der Waals surface area contributed by atoms with E-state index in [0.717, 1.165) is 32.4 Å². The molecule has 114 valence electrons. The molecule has 3 heteroatoms. The van der Waals surface area contributed by atoms with Gasteiger partial charge in [0.15, 0.2) is 0 Å². The van der Waals surface area contributed by atoms with Crippen molar-refractivity contribution in [3.05, 3.63) is 29.3 Å². The van der Waals surface area contributed by atoms with Gasteiger partial charge in [0.05, 0.1) is 0 Å². The van der Waals surface area contributed by atoms with Crippen LogP contribution < -0.4 is 4.90 Å². The lowest BCUT2D eigenvalue weighted by Gasteiger charge is -2.36. The van der Waals surface area contributed by atoms with Crippen molar-refractivity contribution in [2.75, 3.05) is 25.0 Å². The molecule has 1 aromatic carbocycles. The third-order valence-corrected chi connectivity index (χ3v) is 4.97. The maximum atomic E-state index is 12.7. The number of benzene rings is 1. The minimum atomic E-state index is 0.319. The summed E-state index contributed by atoms with van der Waals surface area (Å²) in [5.74, 6) is 0.809. The molecule has 1 aromatic rings. The summed E-state index contributed by atoms with van der Waals surface area (Å²) in [5, 5.41) is 0. The molecule has 2 heterocycles. The second kappa shape index (κ2) is 5.80. The predicted molar refractivity (Wildman–Crippen MR) is 86.8 cm³/mol. The second-order valence-electron chi connectivity index (χ2n) is 6.65. The lowest BCUT2D eigenvalue weighted by atomic mass is 9.89. The molecule has 0 radical (unpaired) electrons. The molecule has 1 fully saturated rings. The van der Waals surface area contributed by atoms with Gasteiger partial charge in [0.1, 0.15) is 0 Å². The molecule has 0 aromatic heterocycles. The molecule has 3 rings (SSSR count). The largest absolute Gasteiger partial charge is 0.308 e. The Kier molecular flexibility index (Phi) is 4.03. The fourth-order valence-corrected chi connectivity index (χ4v) is 3.85. The van der Waals surface area contributed by atoms with E-state index in [4.69, 9.17) is 0 Å². The molecule has 0 N–H and O–H groups in total. The zero-order valence-electron chi connectivity index (χ0n) is 13.4. The smallest absolute Gasteiger partial charge is 0.227 e. The molecule has 2 atom stereocenters. The number of nitrogens with zero attached hydrogens (tertiary/aromatic N) is 2. The zero-order valence-corrected chi connectivity index (χ0v) is 13.4. The van der Waals surface area contributed by atoms with Crippen LogP contribution in [0.3, 0.4) is 0 Å². The molecule has 21 heavy (non-hydrogen) atoms. The molecule has 0 saturated carbocycles. The third kappa shape index (κ3) is 2.59. The Labute approximate surface area is 127 Å². The number of amides is 1. The normalized spacial score (nSPS) is 24.8. The van der Waals surface area contributed by atoms with Gasteiger partial charge in [-0.2, -0.15) is 0 Å². The van der Waals surface area contributed by atoms with Gasteiger partial charge in [-0.15, -0.1) is 0 Å². The number of carbonyl (C=O) groups is 1. The number of hydrogen-bond acceptors (Lipinski definition) is 2.